The van der Waals surface area contributed by atoms with Crippen LogP contribution in [-0.2, 0) is 14.3 Å². The van der Waals surface area contributed by atoms with Gasteiger partial charge in [0.15, 0.2) is 0 Å². The van der Waals surface area contributed by atoms with E-state index in [0.717, 1.165) is 0 Å². The van der Waals surface area contributed by atoms with E-state index in [4.69, 9.17) is 30.8 Å². The maximum atomic E-state index is 12.1. The molecule has 0 saturated heterocycles. The number of furan rings is 1. The summed E-state index contributed by atoms with van der Waals surface area (Å²) in [4.78, 5) is 23.8. The van der Waals surface area contributed by atoms with Crippen molar-refractivity contribution in [2.45, 2.75) is 20.3 Å². The summed E-state index contributed by atoms with van der Waals surface area (Å²) in [5.41, 5.74) is 0.676. The maximum Gasteiger partial charge on any atom is 0.349 e. The zero-order valence-electron chi connectivity index (χ0n) is 15.0. The first-order chi connectivity index (χ1) is 13.0. The predicted molar refractivity (Wildman–Crippen MR) is 100.0 cm³/mol. The molecule has 0 radical (unpaired) electrons. The Balaban J connectivity index is 2.29. The summed E-state index contributed by atoms with van der Waals surface area (Å²) < 4.78 is 15.6. The van der Waals surface area contributed by atoms with Crippen LogP contribution in [0.25, 0.3) is 17.4 Å². The van der Waals surface area contributed by atoms with Crippen molar-refractivity contribution in [1.82, 2.24) is 0 Å². The number of carbonyl (C=O) groups excluding carboxylic acids is 2. The van der Waals surface area contributed by atoms with Crippen LogP contribution in [0.1, 0.15) is 36.4 Å². The highest BCUT2D eigenvalue weighted by Gasteiger charge is 2.15. The van der Waals surface area contributed by atoms with Crippen molar-refractivity contribution in [2.24, 2.45) is 0 Å². The third-order valence-electron chi connectivity index (χ3n) is 3.44. The summed E-state index contributed by atoms with van der Waals surface area (Å²) in [6.07, 6.45) is 2.01. The van der Waals surface area contributed by atoms with Gasteiger partial charge in [-0.2, -0.15) is 5.26 Å². The number of benzene rings is 1. The van der Waals surface area contributed by atoms with E-state index in [1.807, 2.05) is 6.92 Å². The number of hydrogen-bond acceptors (Lipinski definition) is 6. The molecular formula is C20H18ClNO5. The second-order valence-corrected chi connectivity index (χ2v) is 5.83. The lowest BCUT2D eigenvalue weighted by Gasteiger charge is -2.06. The molecule has 1 aromatic carbocycles. The molecule has 27 heavy (non-hydrogen) atoms. The topological polar surface area (TPSA) is 89.5 Å². The maximum absolute atomic E-state index is 12.1. The van der Waals surface area contributed by atoms with Gasteiger partial charge in [0.25, 0.3) is 0 Å². The van der Waals surface area contributed by atoms with Crippen molar-refractivity contribution in [2.75, 3.05) is 13.2 Å². The molecule has 0 unspecified atom stereocenters. The smallest absolute Gasteiger partial charge is 0.349 e. The van der Waals surface area contributed by atoms with Crippen LogP contribution in [0, 0.1) is 11.3 Å². The molecule has 7 heteroatoms. The van der Waals surface area contributed by atoms with Crippen molar-refractivity contribution in [1.29, 1.82) is 5.26 Å². The molecule has 140 valence electrons. The highest BCUT2D eigenvalue weighted by Crippen LogP contribution is 2.28. The molecule has 0 aliphatic heterocycles. The van der Waals surface area contributed by atoms with E-state index in [0.29, 0.717) is 30.1 Å². The Kier molecular flexibility index (Phi) is 7.21. The summed E-state index contributed by atoms with van der Waals surface area (Å²) in [5, 5.41) is 9.36. The lowest BCUT2D eigenvalue weighted by Crippen LogP contribution is -2.06. The van der Waals surface area contributed by atoms with Crippen LogP contribution in [0.4, 0.5) is 0 Å². The van der Waals surface area contributed by atoms with Gasteiger partial charge in [-0.3, -0.25) is 0 Å². The van der Waals surface area contributed by atoms with Crippen LogP contribution in [0.15, 0.2) is 40.3 Å². The Hall–Kier alpha value is -3.04. The minimum atomic E-state index is -0.717. The molecule has 2 aromatic rings. The molecule has 0 bridgehead atoms. The molecule has 2 rings (SSSR count). The third-order valence-corrected chi connectivity index (χ3v) is 3.77. The monoisotopic (exact) mass is 387 g/mol. The molecule has 0 aliphatic carbocycles. The van der Waals surface area contributed by atoms with Gasteiger partial charge < -0.3 is 13.9 Å². The van der Waals surface area contributed by atoms with Crippen molar-refractivity contribution in [3.8, 4) is 17.4 Å². The number of carbonyl (C=O) groups is 2. The molecule has 1 aromatic heterocycles. The van der Waals surface area contributed by atoms with Gasteiger partial charge >= 0.3 is 11.9 Å². The molecule has 0 saturated carbocycles. The van der Waals surface area contributed by atoms with Gasteiger partial charge in [0.1, 0.15) is 23.2 Å². The first-order valence-electron chi connectivity index (χ1n) is 8.35. The standard InChI is InChI=1S/C20H18ClNO5/c1-3-9-26-20(24)16-11-13(5-7-17(16)21)18-8-6-15(27-18)10-14(12-22)19(23)25-4-2/h5-8,10-11H,3-4,9H2,1-2H3. The lowest BCUT2D eigenvalue weighted by molar-refractivity contribution is -0.137. The second kappa shape index (κ2) is 9.60. The van der Waals surface area contributed by atoms with Gasteiger partial charge in [0.05, 0.1) is 23.8 Å². The van der Waals surface area contributed by atoms with E-state index >= 15 is 0 Å². The lowest BCUT2D eigenvalue weighted by atomic mass is 10.1. The SMILES string of the molecule is CCCOC(=O)c1cc(-c2ccc(C=C(C#N)C(=O)OCC)o2)ccc1Cl. The molecule has 0 fully saturated rings. The average molecular weight is 388 g/mol. The van der Waals surface area contributed by atoms with E-state index in [1.165, 1.54) is 6.08 Å². The second-order valence-electron chi connectivity index (χ2n) is 5.42. The fraction of sp³-hybridized carbons (Fsp3) is 0.250. The summed E-state index contributed by atoms with van der Waals surface area (Å²) >= 11 is 6.09. The van der Waals surface area contributed by atoms with Gasteiger partial charge in [0.2, 0.25) is 0 Å². The summed E-state index contributed by atoms with van der Waals surface area (Å²) in [7, 11) is 0. The Labute approximate surface area is 161 Å². The predicted octanol–water partition coefficient (Wildman–Crippen LogP) is 4.64. The van der Waals surface area contributed by atoms with E-state index < -0.39 is 11.9 Å². The molecule has 0 aliphatic rings. The summed E-state index contributed by atoms with van der Waals surface area (Å²) in [6.45, 7) is 4.03. The molecule has 6 nitrogen and oxygen atoms in total. The van der Waals surface area contributed by atoms with Crippen LogP contribution < -0.4 is 0 Å². The van der Waals surface area contributed by atoms with E-state index in [-0.39, 0.29) is 22.8 Å². The van der Waals surface area contributed by atoms with Crippen molar-refractivity contribution in [3.05, 3.63) is 52.3 Å². The normalized spacial score (nSPS) is 11.0. The largest absolute Gasteiger partial charge is 0.462 e. The Morgan fingerprint density at radius 3 is 2.67 bits per heavy atom. The fourth-order valence-electron chi connectivity index (χ4n) is 2.18. The fourth-order valence-corrected chi connectivity index (χ4v) is 2.38. The van der Waals surface area contributed by atoms with E-state index in [2.05, 4.69) is 0 Å². The Bertz CT molecular complexity index is 907. The molecule has 0 amide bonds. The number of hydrogen-bond donors (Lipinski definition) is 0. The number of esters is 2. The molecule has 0 atom stereocenters. The van der Waals surface area contributed by atoms with Crippen LogP contribution in [0.3, 0.4) is 0 Å². The molecule has 0 N–H and O–H groups in total. The van der Waals surface area contributed by atoms with Gasteiger partial charge in [-0.1, -0.05) is 18.5 Å². The van der Waals surface area contributed by atoms with Gasteiger partial charge in [-0.05, 0) is 43.7 Å². The first kappa shape index (κ1) is 20.3. The third kappa shape index (κ3) is 5.22. The minimum Gasteiger partial charge on any atom is -0.462 e. The van der Waals surface area contributed by atoms with Gasteiger partial charge in [-0.15, -0.1) is 0 Å². The Morgan fingerprint density at radius 2 is 2.00 bits per heavy atom. The van der Waals surface area contributed by atoms with Crippen molar-refractivity contribution < 1.29 is 23.5 Å². The zero-order valence-corrected chi connectivity index (χ0v) is 15.7. The van der Waals surface area contributed by atoms with E-state index in [9.17, 15) is 9.59 Å². The number of rotatable bonds is 7. The molecular weight excluding hydrogens is 370 g/mol. The quantitative estimate of drug-likeness (QED) is 0.390. The highest BCUT2D eigenvalue weighted by atomic mass is 35.5. The number of nitrogens with zero attached hydrogens (tertiary/aromatic N) is 1. The van der Waals surface area contributed by atoms with Gasteiger partial charge in [-0.25, -0.2) is 9.59 Å². The summed E-state index contributed by atoms with van der Waals surface area (Å²) in [5.74, 6) is -0.474. The number of nitriles is 1. The van der Waals surface area contributed by atoms with Crippen LogP contribution in [0.5, 0.6) is 0 Å². The number of halogens is 1. The van der Waals surface area contributed by atoms with Gasteiger partial charge in [0, 0.05) is 11.6 Å². The first-order valence-corrected chi connectivity index (χ1v) is 8.73. The minimum absolute atomic E-state index is 0.169. The molecule has 0 spiro atoms. The molecule has 1 heterocycles. The number of ether oxygens (including phenoxy) is 2. The van der Waals surface area contributed by atoms with Crippen molar-refractivity contribution in [3.63, 3.8) is 0 Å². The van der Waals surface area contributed by atoms with Crippen LogP contribution >= 0.6 is 11.6 Å². The zero-order chi connectivity index (χ0) is 19.8. The summed E-state index contributed by atoms with van der Waals surface area (Å²) in [6, 6.07) is 9.90. The Morgan fingerprint density at radius 1 is 1.22 bits per heavy atom. The highest BCUT2D eigenvalue weighted by molar-refractivity contribution is 6.33. The van der Waals surface area contributed by atoms with Crippen molar-refractivity contribution >= 4 is 29.6 Å². The van der Waals surface area contributed by atoms with Crippen LogP contribution in [0.2, 0.25) is 5.02 Å². The van der Waals surface area contributed by atoms with E-state index in [1.54, 1.807) is 43.3 Å². The van der Waals surface area contributed by atoms with Crippen LogP contribution in [-0.4, -0.2) is 25.2 Å². The average Bonchev–Trinajstić information content (AvgIpc) is 3.13.